The van der Waals surface area contributed by atoms with Crippen molar-refractivity contribution in [3.8, 4) is 0 Å². The number of nitrogens with two attached hydrogens (primary N) is 1. The van der Waals surface area contributed by atoms with Crippen LogP contribution < -0.4 is 16.6 Å². The molecule has 1 heterocycles. The molecule has 0 aromatic carbocycles. The fourth-order valence-electron chi connectivity index (χ4n) is 0.988. The first kappa shape index (κ1) is 9.24. The van der Waals surface area contributed by atoms with E-state index in [9.17, 15) is 9.70 Å². The maximum atomic E-state index is 11.1. The predicted molar refractivity (Wildman–Crippen MR) is 51.1 cm³/mol. The number of H-pyrrole nitrogens is 1. The number of pyridine rings is 1. The first-order valence-corrected chi connectivity index (χ1v) is 3.79. The molecule has 1 rings (SSSR count). The smallest absolute Gasteiger partial charge is 0.281 e. The van der Waals surface area contributed by atoms with E-state index in [-0.39, 0.29) is 11.5 Å². The van der Waals surface area contributed by atoms with Gasteiger partial charge in [0.05, 0.1) is 5.69 Å². The molecule has 0 aliphatic carbocycles. The molecule has 13 heavy (non-hydrogen) atoms. The maximum Gasteiger partial charge on any atom is 0.281 e. The molecule has 0 aliphatic heterocycles. The Morgan fingerprint density at radius 1 is 1.69 bits per heavy atom. The van der Waals surface area contributed by atoms with E-state index in [0.717, 1.165) is 0 Å². The average molecular weight is 182 g/mol. The van der Waals surface area contributed by atoms with E-state index in [0.29, 0.717) is 12.2 Å². The first-order chi connectivity index (χ1) is 6.19. The third kappa shape index (κ3) is 1.84. The predicted octanol–water partition coefficient (Wildman–Crippen LogP) is 0.787. The Bertz CT molecular complexity index is 371. The molecule has 0 saturated heterocycles. The molecule has 0 fully saturated rings. The summed E-state index contributed by atoms with van der Waals surface area (Å²) in [5.74, 6) is 0.202. The molecule has 0 saturated carbocycles. The highest BCUT2D eigenvalue weighted by Crippen LogP contribution is 2.20. The van der Waals surface area contributed by atoms with Crippen molar-refractivity contribution in [2.24, 2.45) is 5.18 Å². The van der Waals surface area contributed by atoms with Gasteiger partial charge in [-0.15, -0.1) is 4.91 Å². The standard InChI is InChI=1S/C7H10N4O2/c1-2-9-4-3-5(8)10-7(12)6(4)11-13/h3H,2H2,1H3,(H4,8,9,10,12). The Kier molecular flexibility index (Phi) is 2.63. The second-order valence-electron chi connectivity index (χ2n) is 2.44. The van der Waals surface area contributed by atoms with Gasteiger partial charge in [-0.2, -0.15) is 0 Å². The molecule has 0 amide bonds. The van der Waals surface area contributed by atoms with E-state index in [2.05, 4.69) is 15.5 Å². The SMILES string of the molecule is CCNc1cc(N)[nH]c(=O)c1N=O. The Hall–Kier alpha value is -1.85. The summed E-state index contributed by atoms with van der Waals surface area (Å²) in [4.78, 5) is 23.7. The van der Waals surface area contributed by atoms with Crippen molar-refractivity contribution in [1.29, 1.82) is 0 Å². The topological polar surface area (TPSA) is 100 Å². The van der Waals surface area contributed by atoms with Crippen molar-refractivity contribution in [1.82, 2.24) is 4.98 Å². The molecule has 0 radical (unpaired) electrons. The first-order valence-electron chi connectivity index (χ1n) is 3.79. The summed E-state index contributed by atoms with van der Waals surface area (Å²) in [6, 6.07) is 1.46. The summed E-state index contributed by atoms with van der Waals surface area (Å²) in [6.07, 6.45) is 0. The van der Waals surface area contributed by atoms with Crippen LogP contribution in [-0.4, -0.2) is 11.5 Å². The highest BCUT2D eigenvalue weighted by molar-refractivity contribution is 5.67. The molecular weight excluding hydrogens is 172 g/mol. The minimum atomic E-state index is -0.578. The number of aromatic nitrogens is 1. The molecule has 6 heteroatoms. The minimum Gasteiger partial charge on any atom is -0.385 e. The second kappa shape index (κ2) is 3.70. The number of nitrogens with one attached hydrogen (secondary N) is 2. The molecule has 0 atom stereocenters. The molecule has 1 aromatic rings. The quantitative estimate of drug-likeness (QED) is 0.601. The Morgan fingerprint density at radius 3 is 2.92 bits per heavy atom. The van der Waals surface area contributed by atoms with E-state index in [4.69, 9.17) is 5.73 Å². The van der Waals surface area contributed by atoms with Gasteiger partial charge in [-0.3, -0.25) is 4.79 Å². The number of hydrogen-bond acceptors (Lipinski definition) is 5. The third-order valence-corrected chi connectivity index (χ3v) is 1.49. The Labute approximate surface area is 74.1 Å². The molecule has 0 spiro atoms. The van der Waals surface area contributed by atoms with E-state index in [1.54, 1.807) is 0 Å². The van der Waals surface area contributed by atoms with Crippen molar-refractivity contribution >= 4 is 17.2 Å². The van der Waals surface area contributed by atoms with Gasteiger partial charge in [0.2, 0.25) is 0 Å². The van der Waals surface area contributed by atoms with Crippen molar-refractivity contribution in [3.63, 3.8) is 0 Å². The molecule has 0 bridgehead atoms. The Balaban J connectivity index is 3.29. The van der Waals surface area contributed by atoms with Gasteiger partial charge >= 0.3 is 0 Å². The number of nitrogens with zero attached hydrogens (tertiary/aromatic N) is 1. The lowest BCUT2D eigenvalue weighted by Gasteiger charge is -2.04. The lowest BCUT2D eigenvalue weighted by Crippen LogP contribution is -2.11. The lowest BCUT2D eigenvalue weighted by atomic mass is 10.3. The molecule has 70 valence electrons. The van der Waals surface area contributed by atoms with Crippen molar-refractivity contribution in [2.75, 3.05) is 17.6 Å². The summed E-state index contributed by atoms with van der Waals surface area (Å²) < 4.78 is 0. The number of aromatic amines is 1. The van der Waals surface area contributed by atoms with Gasteiger partial charge in [-0.1, -0.05) is 0 Å². The van der Waals surface area contributed by atoms with Crippen LogP contribution in [0, 0.1) is 4.91 Å². The molecular formula is C7H10N4O2. The number of nitroso groups, excluding NO2 is 1. The summed E-state index contributed by atoms with van der Waals surface area (Å²) in [6.45, 7) is 2.43. The number of nitrogen functional groups attached to an aromatic ring is 1. The fraction of sp³-hybridized carbons (Fsp3) is 0.286. The fourth-order valence-corrected chi connectivity index (χ4v) is 0.988. The summed E-state index contributed by atoms with van der Waals surface area (Å²) in [5, 5.41) is 5.43. The second-order valence-corrected chi connectivity index (χ2v) is 2.44. The highest BCUT2D eigenvalue weighted by atomic mass is 16.3. The van der Waals surface area contributed by atoms with Crippen LogP contribution in [0.15, 0.2) is 16.0 Å². The average Bonchev–Trinajstić information content (AvgIpc) is 2.04. The summed E-state index contributed by atoms with van der Waals surface area (Å²) in [5.41, 5.74) is 4.99. The third-order valence-electron chi connectivity index (χ3n) is 1.49. The normalized spacial score (nSPS) is 9.62. The summed E-state index contributed by atoms with van der Waals surface area (Å²) in [7, 11) is 0. The largest absolute Gasteiger partial charge is 0.385 e. The zero-order valence-electron chi connectivity index (χ0n) is 7.13. The number of anilines is 2. The van der Waals surface area contributed by atoms with Crippen LogP contribution in [0.1, 0.15) is 6.92 Å². The van der Waals surface area contributed by atoms with Gasteiger partial charge in [0, 0.05) is 12.6 Å². The molecule has 6 nitrogen and oxygen atoms in total. The van der Waals surface area contributed by atoms with Crippen molar-refractivity contribution in [3.05, 3.63) is 21.3 Å². The van der Waals surface area contributed by atoms with Crippen LogP contribution in [0.4, 0.5) is 17.2 Å². The number of rotatable bonds is 3. The molecule has 0 aliphatic rings. The van der Waals surface area contributed by atoms with Crippen LogP contribution in [0.3, 0.4) is 0 Å². The van der Waals surface area contributed by atoms with Crippen molar-refractivity contribution < 1.29 is 0 Å². The van der Waals surface area contributed by atoms with E-state index in [1.165, 1.54) is 6.07 Å². The highest BCUT2D eigenvalue weighted by Gasteiger charge is 2.07. The van der Waals surface area contributed by atoms with Crippen LogP contribution in [0.5, 0.6) is 0 Å². The maximum absolute atomic E-state index is 11.1. The van der Waals surface area contributed by atoms with E-state index in [1.807, 2.05) is 6.92 Å². The molecule has 1 aromatic heterocycles. The van der Waals surface area contributed by atoms with Gasteiger partial charge in [-0.25, -0.2) is 0 Å². The molecule has 4 N–H and O–H groups in total. The zero-order valence-corrected chi connectivity index (χ0v) is 7.13. The van der Waals surface area contributed by atoms with Crippen LogP contribution in [0.25, 0.3) is 0 Å². The molecule has 0 unspecified atom stereocenters. The van der Waals surface area contributed by atoms with Crippen LogP contribution in [0.2, 0.25) is 0 Å². The van der Waals surface area contributed by atoms with E-state index < -0.39 is 5.56 Å². The van der Waals surface area contributed by atoms with Gasteiger partial charge in [0.1, 0.15) is 5.82 Å². The van der Waals surface area contributed by atoms with E-state index >= 15 is 0 Å². The Morgan fingerprint density at radius 2 is 2.38 bits per heavy atom. The monoisotopic (exact) mass is 182 g/mol. The zero-order chi connectivity index (χ0) is 9.84. The van der Waals surface area contributed by atoms with Crippen molar-refractivity contribution in [2.45, 2.75) is 6.92 Å². The van der Waals surface area contributed by atoms with Crippen LogP contribution in [-0.2, 0) is 0 Å². The number of hydrogen-bond donors (Lipinski definition) is 3. The van der Waals surface area contributed by atoms with Gasteiger partial charge in [0.25, 0.3) is 5.56 Å². The van der Waals surface area contributed by atoms with Crippen LogP contribution >= 0.6 is 0 Å². The summed E-state index contributed by atoms with van der Waals surface area (Å²) >= 11 is 0. The van der Waals surface area contributed by atoms with Gasteiger partial charge in [0.15, 0.2) is 5.69 Å². The van der Waals surface area contributed by atoms with Gasteiger partial charge < -0.3 is 16.0 Å². The minimum absolute atomic E-state index is 0.170. The lowest BCUT2D eigenvalue weighted by molar-refractivity contribution is 1.17. The van der Waals surface area contributed by atoms with Gasteiger partial charge in [-0.05, 0) is 12.1 Å².